The molecule has 0 bridgehead atoms. The van der Waals surface area contributed by atoms with Crippen molar-refractivity contribution in [3.8, 4) is 0 Å². The van der Waals surface area contributed by atoms with Crippen LogP contribution in [0.4, 0.5) is 5.69 Å². The van der Waals surface area contributed by atoms with E-state index in [2.05, 4.69) is 5.32 Å². The number of carbonyl (C=O) groups excluding carboxylic acids is 1. The van der Waals surface area contributed by atoms with Gasteiger partial charge in [-0.15, -0.1) is 0 Å². The summed E-state index contributed by atoms with van der Waals surface area (Å²) in [5, 5.41) is 5.14. The lowest BCUT2D eigenvalue weighted by molar-refractivity contribution is -0.116. The molecule has 0 aromatic heterocycles. The molecule has 0 radical (unpaired) electrons. The standard InChI is InChI=1S/C15H18N2O/c1-11(16)9-10-15(18)17-14-8-4-6-12-5-2-3-7-13(12)14/h2-8,11H,9-10,16H2,1H3,(H,17,18). The fourth-order valence-corrected chi connectivity index (χ4v) is 1.91. The first-order valence-corrected chi connectivity index (χ1v) is 6.20. The highest BCUT2D eigenvalue weighted by atomic mass is 16.1. The van der Waals surface area contributed by atoms with Crippen molar-refractivity contribution < 1.29 is 4.79 Å². The third kappa shape index (κ3) is 3.08. The zero-order valence-electron chi connectivity index (χ0n) is 10.5. The normalized spacial score (nSPS) is 12.3. The maximum Gasteiger partial charge on any atom is 0.224 e. The van der Waals surface area contributed by atoms with Gasteiger partial charge in [0, 0.05) is 23.5 Å². The maximum absolute atomic E-state index is 11.8. The van der Waals surface area contributed by atoms with E-state index in [1.54, 1.807) is 0 Å². The number of anilines is 1. The minimum absolute atomic E-state index is 0.0173. The fraction of sp³-hybridized carbons (Fsp3) is 0.267. The second kappa shape index (κ2) is 5.65. The van der Waals surface area contributed by atoms with Crippen molar-refractivity contribution in [3.05, 3.63) is 42.5 Å². The highest BCUT2D eigenvalue weighted by molar-refractivity contribution is 6.02. The third-order valence-corrected chi connectivity index (χ3v) is 2.89. The first-order valence-electron chi connectivity index (χ1n) is 6.20. The van der Waals surface area contributed by atoms with Crippen LogP contribution in [0.3, 0.4) is 0 Å². The molecular formula is C15H18N2O. The molecule has 94 valence electrons. The van der Waals surface area contributed by atoms with E-state index < -0.39 is 0 Å². The molecule has 0 aliphatic heterocycles. The molecule has 2 aromatic carbocycles. The Bertz CT molecular complexity index is 544. The van der Waals surface area contributed by atoms with Crippen molar-refractivity contribution >= 4 is 22.4 Å². The number of hydrogen-bond donors (Lipinski definition) is 2. The summed E-state index contributed by atoms with van der Waals surface area (Å²) in [6.07, 6.45) is 1.16. The molecule has 0 saturated heterocycles. The van der Waals surface area contributed by atoms with Crippen LogP contribution < -0.4 is 11.1 Å². The van der Waals surface area contributed by atoms with Crippen LogP contribution in [-0.4, -0.2) is 11.9 Å². The maximum atomic E-state index is 11.8. The molecule has 2 rings (SSSR count). The second-order valence-electron chi connectivity index (χ2n) is 4.59. The van der Waals surface area contributed by atoms with Crippen molar-refractivity contribution in [2.45, 2.75) is 25.8 Å². The summed E-state index contributed by atoms with van der Waals surface area (Å²) in [6.45, 7) is 1.91. The number of benzene rings is 2. The zero-order valence-corrected chi connectivity index (χ0v) is 10.5. The van der Waals surface area contributed by atoms with Crippen molar-refractivity contribution in [2.75, 3.05) is 5.32 Å². The number of nitrogens with one attached hydrogen (secondary N) is 1. The number of nitrogens with two attached hydrogens (primary N) is 1. The number of carbonyl (C=O) groups is 1. The van der Waals surface area contributed by atoms with Crippen LogP contribution >= 0.6 is 0 Å². The van der Waals surface area contributed by atoms with Crippen LogP contribution in [0.5, 0.6) is 0 Å². The summed E-state index contributed by atoms with van der Waals surface area (Å²) in [5.74, 6) is 0.0173. The van der Waals surface area contributed by atoms with Crippen LogP contribution in [0.25, 0.3) is 10.8 Å². The lowest BCUT2D eigenvalue weighted by atomic mass is 10.1. The van der Waals surface area contributed by atoms with Crippen LogP contribution in [0, 0.1) is 0 Å². The van der Waals surface area contributed by atoms with Gasteiger partial charge in [0.2, 0.25) is 5.91 Å². The quantitative estimate of drug-likeness (QED) is 0.866. The monoisotopic (exact) mass is 242 g/mol. The van der Waals surface area contributed by atoms with Gasteiger partial charge in [0.05, 0.1) is 0 Å². The Morgan fingerprint density at radius 3 is 2.72 bits per heavy atom. The average Bonchev–Trinajstić information content (AvgIpc) is 2.37. The molecule has 0 aliphatic rings. The molecule has 1 amide bonds. The highest BCUT2D eigenvalue weighted by Crippen LogP contribution is 2.23. The molecule has 1 atom stereocenters. The Balaban J connectivity index is 2.14. The Labute approximate surface area is 107 Å². The van der Waals surface area contributed by atoms with Crippen molar-refractivity contribution in [1.29, 1.82) is 0 Å². The molecule has 3 heteroatoms. The number of fused-ring (bicyclic) bond motifs is 1. The molecule has 0 saturated carbocycles. The third-order valence-electron chi connectivity index (χ3n) is 2.89. The summed E-state index contributed by atoms with van der Waals surface area (Å²) in [5.41, 5.74) is 6.51. The largest absolute Gasteiger partial charge is 0.328 e. The fourth-order valence-electron chi connectivity index (χ4n) is 1.91. The summed E-state index contributed by atoms with van der Waals surface area (Å²) in [7, 11) is 0. The minimum atomic E-state index is 0.0173. The molecule has 2 aromatic rings. The summed E-state index contributed by atoms with van der Waals surface area (Å²) < 4.78 is 0. The summed E-state index contributed by atoms with van der Waals surface area (Å²) in [4.78, 5) is 11.8. The van der Waals surface area contributed by atoms with E-state index in [4.69, 9.17) is 5.73 Å². The summed E-state index contributed by atoms with van der Waals surface area (Å²) >= 11 is 0. The smallest absolute Gasteiger partial charge is 0.224 e. The average molecular weight is 242 g/mol. The van der Waals surface area contributed by atoms with Crippen LogP contribution in [0.2, 0.25) is 0 Å². The Kier molecular flexibility index (Phi) is 3.95. The summed E-state index contributed by atoms with van der Waals surface area (Å²) in [6, 6.07) is 14.0. The van der Waals surface area contributed by atoms with Gasteiger partial charge >= 0.3 is 0 Å². The van der Waals surface area contributed by atoms with Crippen molar-refractivity contribution in [3.63, 3.8) is 0 Å². The SMILES string of the molecule is CC(N)CCC(=O)Nc1cccc2ccccc12. The topological polar surface area (TPSA) is 55.1 Å². The van der Waals surface area contributed by atoms with E-state index in [0.29, 0.717) is 12.8 Å². The second-order valence-corrected chi connectivity index (χ2v) is 4.59. The molecule has 1 unspecified atom stereocenters. The molecule has 3 N–H and O–H groups in total. The van der Waals surface area contributed by atoms with Gasteiger partial charge in [-0.2, -0.15) is 0 Å². The van der Waals surface area contributed by atoms with E-state index in [0.717, 1.165) is 16.5 Å². The van der Waals surface area contributed by atoms with Crippen molar-refractivity contribution in [1.82, 2.24) is 0 Å². The first-order chi connectivity index (χ1) is 8.66. The molecule has 0 heterocycles. The highest BCUT2D eigenvalue weighted by Gasteiger charge is 2.06. The number of amides is 1. The minimum Gasteiger partial charge on any atom is -0.328 e. The van der Waals surface area contributed by atoms with Crippen LogP contribution in [-0.2, 0) is 4.79 Å². The van der Waals surface area contributed by atoms with Crippen LogP contribution in [0.15, 0.2) is 42.5 Å². The van der Waals surface area contributed by atoms with Gasteiger partial charge in [-0.3, -0.25) is 4.79 Å². The first kappa shape index (κ1) is 12.6. The van der Waals surface area contributed by atoms with Gasteiger partial charge in [0.15, 0.2) is 0 Å². The predicted molar refractivity (Wildman–Crippen MR) is 75.5 cm³/mol. The predicted octanol–water partition coefficient (Wildman–Crippen LogP) is 2.91. The van der Waals surface area contributed by atoms with E-state index in [1.807, 2.05) is 49.4 Å². The Hall–Kier alpha value is -1.87. The molecule has 0 fully saturated rings. The molecule has 18 heavy (non-hydrogen) atoms. The van der Waals surface area contributed by atoms with Gasteiger partial charge in [0.25, 0.3) is 0 Å². The molecular weight excluding hydrogens is 224 g/mol. The van der Waals surface area contributed by atoms with E-state index >= 15 is 0 Å². The van der Waals surface area contributed by atoms with Crippen molar-refractivity contribution in [2.24, 2.45) is 5.73 Å². The van der Waals surface area contributed by atoms with E-state index in [-0.39, 0.29) is 11.9 Å². The lowest BCUT2D eigenvalue weighted by Crippen LogP contribution is -2.19. The van der Waals surface area contributed by atoms with Gasteiger partial charge in [0.1, 0.15) is 0 Å². The van der Waals surface area contributed by atoms with Gasteiger partial charge in [-0.1, -0.05) is 36.4 Å². The lowest BCUT2D eigenvalue weighted by Gasteiger charge is -2.09. The van der Waals surface area contributed by atoms with Gasteiger partial charge in [-0.05, 0) is 24.8 Å². The number of rotatable bonds is 4. The molecule has 0 aliphatic carbocycles. The molecule has 3 nitrogen and oxygen atoms in total. The molecule has 0 spiro atoms. The van der Waals surface area contributed by atoms with E-state index in [9.17, 15) is 4.79 Å². The van der Waals surface area contributed by atoms with Gasteiger partial charge < -0.3 is 11.1 Å². The van der Waals surface area contributed by atoms with Crippen LogP contribution in [0.1, 0.15) is 19.8 Å². The van der Waals surface area contributed by atoms with Gasteiger partial charge in [-0.25, -0.2) is 0 Å². The van der Waals surface area contributed by atoms with E-state index in [1.165, 1.54) is 0 Å². The number of hydrogen-bond acceptors (Lipinski definition) is 2. The Morgan fingerprint density at radius 1 is 1.22 bits per heavy atom. The Morgan fingerprint density at radius 2 is 1.94 bits per heavy atom. The zero-order chi connectivity index (χ0) is 13.0.